The minimum absolute atomic E-state index is 0.156. The third-order valence-electron chi connectivity index (χ3n) is 2.54. The molecule has 0 amide bonds. The molecule has 1 aromatic heterocycles. The Hall–Kier alpha value is -1.97. The first-order chi connectivity index (χ1) is 8.16. The average molecular weight is 234 g/mol. The number of benzene rings is 1. The Morgan fingerprint density at radius 1 is 1.29 bits per heavy atom. The molecule has 0 aliphatic rings. The summed E-state index contributed by atoms with van der Waals surface area (Å²) in [7, 11) is 0. The maximum atomic E-state index is 13.1. The largest absolute Gasteiger partial charge is 0.466 e. The second kappa shape index (κ2) is 4.91. The van der Waals surface area contributed by atoms with Crippen LogP contribution in [-0.2, 0) is 6.42 Å². The van der Waals surface area contributed by atoms with E-state index in [9.17, 15) is 4.39 Å². The van der Waals surface area contributed by atoms with Gasteiger partial charge in [0, 0.05) is 13.0 Å². The smallest absolute Gasteiger partial charge is 0.148 e. The van der Waals surface area contributed by atoms with Gasteiger partial charge in [0.2, 0.25) is 0 Å². The summed E-state index contributed by atoms with van der Waals surface area (Å²) in [4.78, 5) is 0. The molecule has 1 aromatic carbocycles. The molecule has 0 aliphatic heterocycles. The summed E-state index contributed by atoms with van der Waals surface area (Å²) in [5, 5.41) is 3.09. The maximum Gasteiger partial charge on any atom is 0.148 e. The third kappa shape index (κ3) is 2.78. The lowest BCUT2D eigenvalue weighted by Crippen LogP contribution is -2.07. The highest BCUT2D eigenvalue weighted by Gasteiger charge is 2.04. The number of aryl methyl sites for hydroxylation is 1. The van der Waals surface area contributed by atoms with E-state index in [2.05, 4.69) is 5.32 Å². The monoisotopic (exact) mass is 234 g/mol. The lowest BCUT2D eigenvalue weighted by atomic mass is 10.2. The molecule has 0 saturated heterocycles. The summed E-state index contributed by atoms with van der Waals surface area (Å²) in [6, 6.07) is 8.59. The number of nitrogens with one attached hydrogen (secondary N) is 1. The first-order valence-corrected chi connectivity index (χ1v) is 5.50. The van der Waals surface area contributed by atoms with Crippen LogP contribution in [0.3, 0.4) is 0 Å². The van der Waals surface area contributed by atoms with Gasteiger partial charge in [-0.2, -0.15) is 0 Å². The van der Waals surface area contributed by atoms with Crippen molar-refractivity contribution >= 4 is 11.4 Å². The predicted octanol–water partition coefficient (Wildman–Crippen LogP) is 2.96. The number of nitrogens with two attached hydrogens (primary N) is 1. The molecule has 2 rings (SSSR count). The molecule has 4 heteroatoms. The minimum atomic E-state index is -0.399. The quantitative estimate of drug-likeness (QED) is 0.800. The van der Waals surface area contributed by atoms with Crippen molar-refractivity contribution in [1.82, 2.24) is 0 Å². The van der Waals surface area contributed by atoms with Crippen LogP contribution in [0.25, 0.3) is 0 Å². The summed E-state index contributed by atoms with van der Waals surface area (Å²) < 4.78 is 18.6. The predicted molar refractivity (Wildman–Crippen MR) is 66.5 cm³/mol. The van der Waals surface area contributed by atoms with E-state index >= 15 is 0 Å². The van der Waals surface area contributed by atoms with Crippen LogP contribution in [0.5, 0.6) is 0 Å². The topological polar surface area (TPSA) is 51.2 Å². The van der Waals surface area contributed by atoms with E-state index in [1.165, 1.54) is 6.07 Å². The van der Waals surface area contributed by atoms with Crippen LogP contribution in [0.1, 0.15) is 11.5 Å². The van der Waals surface area contributed by atoms with Crippen LogP contribution in [0.4, 0.5) is 15.8 Å². The van der Waals surface area contributed by atoms with Crippen molar-refractivity contribution in [3.8, 4) is 0 Å². The minimum Gasteiger partial charge on any atom is -0.466 e. The Morgan fingerprint density at radius 3 is 2.82 bits per heavy atom. The van der Waals surface area contributed by atoms with Crippen LogP contribution in [0, 0.1) is 12.7 Å². The maximum absolute atomic E-state index is 13.1. The number of para-hydroxylation sites is 1. The van der Waals surface area contributed by atoms with Crippen molar-refractivity contribution in [3.63, 3.8) is 0 Å². The van der Waals surface area contributed by atoms with Crippen LogP contribution >= 0.6 is 0 Å². The fraction of sp³-hybridized carbons (Fsp3) is 0.231. The van der Waals surface area contributed by atoms with Gasteiger partial charge in [0.1, 0.15) is 17.3 Å². The zero-order chi connectivity index (χ0) is 12.3. The fourth-order valence-corrected chi connectivity index (χ4v) is 1.63. The van der Waals surface area contributed by atoms with Crippen molar-refractivity contribution in [2.75, 3.05) is 17.6 Å². The number of hydrogen-bond acceptors (Lipinski definition) is 3. The van der Waals surface area contributed by atoms with Crippen molar-refractivity contribution in [3.05, 3.63) is 47.7 Å². The van der Waals surface area contributed by atoms with Crippen LogP contribution in [0.2, 0.25) is 0 Å². The van der Waals surface area contributed by atoms with Crippen LogP contribution in [-0.4, -0.2) is 6.54 Å². The zero-order valence-corrected chi connectivity index (χ0v) is 9.66. The molecule has 0 saturated carbocycles. The molecule has 0 spiro atoms. The average Bonchev–Trinajstić information content (AvgIpc) is 2.70. The Labute approximate surface area is 99.4 Å². The van der Waals surface area contributed by atoms with E-state index in [4.69, 9.17) is 10.2 Å². The number of rotatable bonds is 4. The van der Waals surface area contributed by atoms with Gasteiger partial charge in [-0.3, -0.25) is 0 Å². The second-order valence-electron chi connectivity index (χ2n) is 3.89. The molecule has 3 nitrogen and oxygen atoms in total. The van der Waals surface area contributed by atoms with E-state index in [-0.39, 0.29) is 5.69 Å². The molecule has 0 atom stereocenters. The molecular weight excluding hydrogens is 219 g/mol. The highest BCUT2D eigenvalue weighted by atomic mass is 19.1. The molecule has 0 unspecified atom stereocenters. The van der Waals surface area contributed by atoms with Crippen molar-refractivity contribution in [1.29, 1.82) is 0 Å². The van der Waals surface area contributed by atoms with Gasteiger partial charge in [-0.1, -0.05) is 6.07 Å². The first-order valence-electron chi connectivity index (χ1n) is 5.50. The molecule has 90 valence electrons. The summed E-state index contributed by atoms with van der Waals surface area (Å²) in [6.45, 7) is 2.56. The molecule has 17 heavy (non-hydrogen) atoms. The van der Waals surface area contributed by atoms with E-state index in [1.807, 2.05) is 19.1 Å². The summed E-state index contributed by atoms with van der Waals surface area (Å²) >= 11 is 0. The summed E-state index contributed by atoms with van der Waals surface area (Å²) in [6.07, 6.45) is 0.740. The first kappa shape index (κ1) is 11.5. The normalized spacial score (nSPS) is 10.5. The van der Waals surface area contributed by atoms with Gasteiger partial charge in [0.15, 0.2) is 0 Å². The molecule has 1 heterocycles. The number of furan rings is 1. The van der Waals surface area contributed by atoms with Gasteiger partial charge in [-0.25, -0.2) is 4.39 Å². The van der Waals surface area contributed by atoms with Crippen LogP contribution in [0.15, 0.2) is 34.7 Å². The molecule has 0 aliphatic carbocycles. The van der Waals surface area contributed by atoms with Gasteiger partial charge in [-0.05, 0) is 31.2 Å². The van der Waals surface area contributed by atoms with E-state index in [0.29, 0.717) is 12.2 Å². The molecule has 3 N–H and O–H groups in total. The Kier molecular flexibility index (Phi) is 3.32. The summed E-state index contributed by atoms with van der Waals surface area (Å²) in [5.74, 6) is 1.40. The van der Waals surface area contributed by atoms with Crippen LogP contribution < -0.4 is 11.1 Å². The molecule has 0 bridgehead atoms. The Balaban J connectivity index is 1.92. The highest BCUT2D eigenvalue weighted by Crippen LogP contribution is 2.21. The lowest BCUT2D eigenvalue weighted by molar-refractivity contribution is 0.486. The Morgan fingerprint density at radius 2 is 2.12 bits per heavy atom. The van der Waals surface area contributed by atoms with Gasteiger partial charge in [0.05, 0.1) is 11.4 Å². The molecule has 0 radical (unpaired) electrons. The molecule has 0 fully saturated rings. The second-order valence-corrected chi connectivity index (χ2v) is 3.89. The van der Waals surface area contributed by atoms with Gasteiger partial charge < -0.3 is 15.5 Å². The standard InChI is InChI=1S/C13H15FN2O/c1-9-5-6-10(17-9)7-8-16-12-4-2-3-11(14)13(12)15/h2-6,16H,7-8,15H2,1H3. The van der Waals surface area contributed by atoms with Crippen molar-refractivity contribution in [2.24, 2.45) is 0 Å². The SMILES string of the molecule is Cc1ccc(CCNc2cccc(F)c2N)o1. The molecular formula is C13H15FN2O. The highest BCUT2D eigenvalue weighted by molar-refractivity contribution is 5.66. The van der Waals surface area contributed by atoms with E-state index < -0.39 is 5.82 Å². The van der Waals surface area contributed by atoms with E-state index in [1.54, 1.807) is 12.1 Å². The fourth-order valence-electron chi connectivity index (χ4n) is 1.63. The summed E-state index contributed by atoms with van der Waals surface area (Å²) in [5.41, 5.74) is 6.38. The van der Waals surface area contributed by atoms with Gasteiger partial charge in [0.25, 0.3) is 0 Å². The number of hydrogen-bond donors (Lipinski definition) is 2. The number of halogens is 1. The lowest BCUT2D eigenvalue weighted by Gasteiger charge is -2.08. The Bertz CT molecular complexity index is 508. The number of nitrogen functional groups attached to an aromatic ring is 1. The van der Waals surface area contributed by atoms with Crippen molar-refractivity contribution < 1.29 is 8.81 Å². The molecule has 2 aromatic rings. The zero-order valence-electron chi connectivity index (χ0n) is 9.66. The van der Waals surface area contributed by atoms with E-state index in [0.717, 1.165) is 17.9 Å². The van der Waals surface area contributed by atoms with Gasteiger partial charge in [-0.15, -0.1) is 0 Å². The van der Waals surface area contributed by atoms with Crippen molar-refractivity contribution in [2.45, 2.75) is 13.3 Å². The number of anilines is 2. The third-order valence-corrected chi connectivity index (χ3v) is 2.54. The van der Waals surface area contributed by atoms with Gasteiger partial charge >= 0.3 is 0 Å².